The van der Waals surface area contributed by atoms with Gasteiger partial charge in [0.25, 0.3) is 0 Å². The molecule has 1 aromatic carbocycles. The van der Waals surface area contributed by atoms with Gasteiger partial charge in [-0.15, -0.1) is 11.6 Å². The molecule has 0 aromatic heterocycles. The summed E-state index contributed by atoms with van der Waals surface area (Å²) in [6, 6.07) is 6.24. The molecule has 16 heavy (non-hydrogen) atoms. The fourth-order valence-electron chi connectivity index (χ4n) is 1.64. The maximum Gasteiger partial charge on any atom is 0.119 e. The highest BCUT2D eigenvalue weighted by molar-refractivity contribution is 6.17. The van der Waals surface area contributed by atoms with Crippen molar-refractivity contribution in [2.24, 2.45) is 0 Å². The molecule has 0 aliphatic carbocycles. The van der Waals surface area contributed by atoms with Crippen molar-refractivity contribution in [1.29, 1.82) is 0 Å². The van der Waals surface area contributed by atoms with Gasteiger partial charge in [-0.3, -0.25) is 0 Å². The van der Waals surface area contributed by atoms with Crippen molar-refractivity contribution in [3.8, 4) is 5.75 Å². The van der Waals surface area contributed by atoms with Gasteiger partial charge in [0, 0.05) is 5.88 Å². The monoisotopic (exact) mass is 240 g/mol. The van der Waals surface area contributed by atoms with Crippen molar-refractivity contribution in [3.63, 3.8) is 0 Å². The van der Waals surface area contributed by atoms with Gasteiger partial charge in [-0.2, -0.15) is 0 Å². The molecule has 0 atom stereocenters. The van der Waals surface area contributed by atoms with Crippen molar-refractivity contribution in [1.82, 2.24) is 0 Å². The summed E-state index contributed by atoms with van der Waals surface area (Å²) in [4.78, 5) is 0. The summed E-state index contributed by atoms with van der Waals surface area (Å²) in [5.74, 6) is 1.56. The van der Waals surface area contributed by atoms with Gasteiger partial charge in [0.1, 0.15) is 5.75 Å². The molecular weight excluding hydrogens is 220 g/mol. The Kier molecular flexibility index (Phi) is 6.32. The minimum absolute atomic E-state index is 0.590. The predicted octanol–water partition coefficient (Wildman–Crippen LogP) is 4.56. The molecule has 0 spiro atoms. The molecule has 0 aliphatic heterocycles. The quantitative estimate of drug-likeness (QED) is 0.635. The van der Waals surface area contributed by atoms with Crippen LogP contribution >= 0.6 is 11.6 Å². The third-order valence-corrected chi connectivity index (χ3v) is 2.88. The Hall–Kier alpha value is -0.690. The van der Waals surface area contributed by atoms with E-state index in [2.05, 4.69) is 26.0 Å². The lowest BCUT2D eigenvalue weighted by atomic mass is 10.0. The SMILES string of the molecule is CCCCc1cc(OCCC)ccc1CCl. The first-order valence-corrected chi connectivity index (χ1v) is 6.65. The number of ether oxygens (including phenoxy) is 1. The second kappa shape index (κ2) is 7.56. The third kappa shape index (κ3) is 4.05. The van der Waals surface area contributed by atoms with E-state index in [0.29, 0.717) is 5.88 Å². The summed E-state index contributed by atoms with van der Waals surface area (Å²) in [7, 11) is 0. The van der Waals surface area contributed by atoms with Crippen molar-refractivity contribution in [2.45, 2.75) is 45.4 Å². The molecule has 0 unspecified atom stereocenters. The van der Waals surface area contributed by atoms with Gasteiger partial charge in [0.15, 0.2) is 0 Å². The van der Waals surface area contributed by atoms with Crippen LogP contribution in [0.1, 0.15) is 44.2 Å². The molecule has 0 saturated carbocycles. The smallest absolute Gasteiger partial charge is 0.119 e. The van der Waals surface area contributed by atoms with Gasteiger partial charge in [-0.25, -0.2) is 0 Å². The molecule has 0 amide bonds. The van der Waals surface area contributed by atoms with Crippen LogP contribution in [0, 0.1) is 0 Å². The fourth-order valence-corrected chi connectivity index (χ4v) is 1.90. The number of hydrogen-bond acceptors (Lipinski definition) is 1. The van der Waals surface area contributed by atoms with Gasteiger partial charge in [-0.05, 0) is 42.5 Å². The summed E-state index contributed by atoms with van der Waals surface area (Å²) in [6.45, 7) is 5.11. The van der Waals surface area contributed by atoms with Gasteiger partial charge < -0.3 is 4.74 Å². The molecule has 1 aromatic rings. The first-order valence-electron chi connectivity index (χ1n) is 6.12. The Morgan fingerprint density at radius 3 is 2.56 bits per heavy atom. The van der Waals surface area contributed by atoms with E-state index in [0.717, 1.165) is 25.2 Å². The van der Waals surface area contributed by atoms with E-state index in [1.54, 1.807) is 0 Å². The minimum Gasteiger partial charge on any atom is -0.494 e. The Labute approximate surface area is 104 Å². The first kappa shape index (κ1) is 13.4. The first-order chi connectivity index (χ1) is 7.81. The van der Waals surface area contributed by atoms with E-state index in [1.807, 2.05) is 6.07 Å². The maximum absolute atomic E-state index is 5.93. The van der Waals surface area contributed by atoms with Crippen molar-refractivity contribution >= 4 is 11.6 Å². The van der Waals surface area contributed by atoms with Crippen LogP contribution in [0.3, 0.4) is 0 Å². The topological polar surface area (TPSA) is 9.23 Å². The number of unbranched alkanes of at least 4 members (excludes halogenated alkanes) is 1. The van der Waals surface area contributed by atoms with Crippen molar-refractivity contribution in [2.75, 3.05) is 6.61 Å². The van der Waals surface area contributed by atoms with Crippen LogP contribution in [-0.2, 0) is 12.3 Å². The minimum atomic E-state index is 0.590. The molecule has 90 valence electrons. The molecule has 0 aliphatic rings. The highest BCUT2D eigenvalue weighted by Gasteiger charge is 2.03. The Balaban J connectivity index is 2.74. The number of aryl methyl sites for hydroxylation is 1. The summed E-state index contributed by atoms with van der Waals surface area (Å²) in [5, 5.41) is 0. The zero-order valence-corrected chi connectivity index (χ0v) is 11.0. The van der Waals surface area contributed by atoms with Crippen molar-refractivity contribution in [3.05, 3.63) is 29.3 Å². The lowest BCUT2D eigenvalue weighted by Crippen LogP contribution is -1.98. The van der Waals surface area contributed by atoms with Crippen molar-refractivity contribution < 1.29 is 4.74 Å². The van der Waals surface area contributed by atoms with Gasteiger partial charge in [0.05, 0.1) is 6.61 Å². The summed E-state index contributed by atoms with van der Waals surface area (Å²) >= 11 is 5.93. The van der Waals surface area contributed by atoms with E-state index >= 15 is 0 Å². The Morgan fingerprint density at radius 2 is 1.94 bits per heavy atom. The molecule has 0 fully saturated rings. The molecule has 1 rings (SSSR count). The van der Waals surface area contributed by atoms with E-state index in [-0.39, 0.29) is 0 Å². The average Bonchev–Trinajstić information content (AvgIpc) is 2.33. The molecule has 0 radical (unpaired) electrons. The van der Waals surface area contributed by atoms with Crippen LogP contribution in [0.15, 0.2) is 18.2 Å². The number of rotatable bonds is 7. The summed E-state index contributed by atoms with van der Waals surface area (Å²) in [6.07, 6.45) is 4.56. The Morgan fingerprint density at radius 1 is 1.12 bits per heavy atom. The molecule has 1 nitrogen and oxygen atoms in total. The van der Waals surface area contributed by atoms with Gasteiger partial charge in [0.2, 0.25) is 0 Å². The molecule has 2 heteroatoms. The van der Waals surface area contributed by atoms with Crippen LogP contribution in [0.4, 0.5) is 0 Å². The van der Waals surface area contributed by atoms with Gasteiger partial charge >= 0.3 is 0 Å². The van der Waals surface area contributed by atoms with Crippen LogP contribution in [0.25, 0.3) is 0 Å². The maximum atomic E-state index is 5.93. The second-order valence-electron chi connectivity index (χ2n) is 4.02. The zero-order chi connectivity index (χ0) is 11.8. The molecular formula is C14H21ClO. The van der Waals surface area contributed by atoms with E-state index in [9.17, 15) is 0 Å². The second-order valence-corrected chi connectivity index (χ2v) is 4.28. The van der Waals surface area contributed by atoms with E-state index in [4.69, 9.17) is 16.3 Å². The van der Waals surface area contributed by atoms with E-state index < -0.39 is 0 Å². The zero-order valence-electron chi connectivity index (χ0n) is 10.3. The predicted molar refractivity (Wildman–Crippen MR) is 70.4 cm³/mol. The number of benzene rings is 1. The van der Waals surface area contributed by atoms with Crippen LogP contribution in [0.5, 0.6) is 5.75 Å². The number of hydrogen-bond donors (Lipinski definition) is 0. The molecule has 0 saturated heterocycles. The van der Waals surface area contributed by atoms with Crippen LogP contribution < -0.4 is 4.74 Å². The molecule has 0 bridgehead atoms. The summed E-state index contributed by atoms with van der Waals surface area (Å²) in [5.41, 5.74) is 2.57. The fraction of sp³-hybridized carbons (Fsp3) is 0.571. The normalized spacial score (nSPS) is 10.4. The number of alkyl halides is 1. The standard InChI is InChI=1S/C14H21ClO/c1-3-5-6-12-10-14(16-9-4-2)8-7-13(12)11-15/h7-8,10H,3-6,9,11H2,1-2H3. The van der Waals surface area contributed by atoms with Gasteiger partial charge in [-0.1, -0.05) is 26.3 Å². The van der Waals surface area contributed by atoms with E-state index in [1.165, 1.54) is 24.0 Å². The highest BCUT2D eigenvalue weighted by Crippen LogP contribution is 2.21. The lowest BCUT2D eigenvalue weighted by molar-refractivity contribution is 0.317. The largest absolute Gasteiger partial charge is 0.494 e. The summed E-state index contributed by atoms with van der Waals surface area (Å²) < 4.78 is 5.63. The highest BCUT2D eigenvalue weighted by atomic mass is 35.5. The third-order valence-electron chi connectivity index (χ3n) is 2.59. The van der Waals surface area contributed by atoms with Crippen LogP contribution in [0.2, 0.25) is 0 Å². The Bertz CT molecular complexity index is 310. The lowest BCUT2D eigenvalue weighted by Gasteiger charge is -2.10. The molecule has 0 N–H and O–H groups in total. The van der Waals surface area contributed by atoms with Crippen LogP contribution in [-0.4, -0.2) is 6.61 Å². The number of halogens is 1. The average molecular weight is 241 g/mol. The molecule has 0 heterocycles.